The number of ether oxygens (including phenoxy) is 1. The second-order valence-electron chi connectivity index (χ2n) is 9.30. The van der Waals surface area contributed by atoms with Crippen molar-refractivity contribution in [2.75, 3.05) is 13.2 Å². The smallest absolute Gasteiger partial charge is 0.222 e. The fourth-order valence-electron chi connectivity index (χ4n) is 4.93. The van der Waals surface area contributed by atoms with Crippen LogP contribution < -0.4 is 10.6 Å². The molecule has 4 atom stereocenters. The summed E-state index contributed by atoms with van der Waals surface area (Å²) in [4.78, 5) is 27.2. The Morgan fingerprint density at radius 2 is 1.90 bits per heavy atom. The molecular weight excluding hydrogens is 385 g/mol. The Kier molecular flexibility index (Phi) is 6.39. The molecule has 7 heteroatoms. The van der Waals surface area contributed by atoms with Crippen LogP contribution >= 0.6 is 0 Å². The van der Waals surface area contributed by atoms with Crippen molar-refractivity contribution in [3.8, 4) is 0 Å². The van der Waals surface area contributed by atoms with Crippen LogP contribution in [0.2, 0.25) is 0 Å². The number of amides is 2. The van der Waals surface area contributed by atoms with Crippen LogP contribution in [0.5, 0.6) is 0 Å². The third-order valence-corrected chi connectivity index (χ3v) is 6.36. The molecule has 0 aromatic heterocycles. The highest BCUT2D eigenvalue weighted by atomic mass is 19.1. The highest BCUT2D eigenvalue weighted by Crippen LogP contribution is 2.42. The van der Waals surface area contributed by atoms with Gasteiger partial charge in [-0.05, 0) is 50.3 Å². The molecule has 30 heavy (non-hydrogen) atoms. The Morgan fingerprint density at radius 1 is 1.17 bits per heavy atom. The Bertz CT molecular complexity index is 765. The van der Waals surface area contributed by atoms with Crippen LogP contribution in [-0.2, 0) is 20.9 Å². The fourth-order valence-corrected chi connectivity index (χ4v) is 4.93. The first-order valence-corrected chi connectivity index (χ1v) is 11.1. The van der Waals surface area contributed by atoms with Gasteiger partial charge in [0, 0.05) is 43.6 Å². The largest absolute Gasteiger partial charge is 0.376 e. The molecule has 2 heterocycles. The van der Waals surface area contributed by atoms with Crippen molar-refractivity contribution < 1.29 is 18.7 Å². The normalized spacial score (nSPS) is 28.5. The molecule has 2 saturated heterocycles. The van der Waals surface area contributed by atoms with Crippen LogP contribution in [-0.4, -0.2) is 54.1 Å². The maximum atomic E-state index is 13.3. The SMILES string of the molecule is CC(C)NC(=O)C[C@@H]1OC[C@@H]2[C@H]1[C@H](CC(=O)NC1CC1)CN2Cc1ccc(F)cc1. The molecule has 1 aliphatic carbocycles. The van der Waals surface area contributed by atoms with Gasteiger partial charge in [-0.3, -0.25) is 14.5 Å². The van der Waals surface area contributed by atoms with Gasteiger partial charge in [-0.25, -0.2) is 4.39 Å². The molecule has 6 nitrogen and oxygen atoms in total. The number of hydrogen-bond donors (Lipinski definition) is 2. The molecule has 4 rings (SSSR count). The van der Waals surface area contributed by atoms with E-state index in [1.54, 1.807) is 12.1 Å². The van der Waals surface area contributed by atoms with Crippen LogP contribution in [0, 0.1) is 17.7 Å². The lowest BCUT2D eigenvalue weighted by atomic mass is 9.84. The number of benzene rings is 1. The van der Waals surface area contributed by atoms with Crippen molar-refractivity contribution in [1.82, 2.24) is 15.5 Å². The van der Waals surface area contributed by atoms with E-state index in [0.717, 1.165) is 24.9 Å². The van der Waals surface area contributed by atoms with Gasteiger partial charge in [0.05, 0.1) is 19.1 Å². The molecule has 2 amide bonds. The average molecular weight is 418 g/mol. The third-order valence-electron chi connectivity index (χ3n) is 6.36. The summed E-state index contributed by atoms with van der Waals surface area (Å²) in [6, 6.07) is 7.18. The minimum atomic E-state index is -0.242. The summed E-state index contributed by atoms with van der Waals surface area (Å²) in [5, 5.41) is 6.04. The molecule has 3 aliphatic rings. The van der Waals surface area contributed by atoms with Gasteiger partial charge in [0.15, 0.2) is 0 Å². The summed E-state index contributed by atoms with van der Waals surface area (Å²) in [5.41, 5.74) is 1.04. The van der Waals surface area contributed by atoms with E-state index >= 15 is 0 Å². The van der Waals surface area contributed by atoms with Crippen molar-refractivity contribution in [2.45, 2.75) is 70.3 Å². The lowest BCUT2D eigenvalue weighted by molar-refractivity contribution is -0.124. The van der Waals surface area contributed by atoms with Crippen LogP contribution in [0.4, 0.5) is 4.39 Å². The first-order chi connectivity index (χ1) is 14.4. The highest BCUT2D eigenvalue weighted by Gasteiger charge is 2.51. The third kappa shape index (κ3) is 5.19. The van der Waals surface area contributed by atoms with E-state index in [0.29, 0.717) is 32.0 Å². The Hall–Kier alpha value is -1.99. The molecule has 1 aromatic carbocycles. The summed E-state index contributed by atoms with van der Waals surface area (Å²) in [6.07, 6.45) is 2.75. The molecule has 0 radical (unpaired) electrons. The topological polar surface area (TPSA) is 70.7 Å². The number of hydrogen-bond acceptors (Lipinski definition) is 4. The zero-order chi connectivity index (χ0) is 21.3. The van der Waals surface area contributed by atoms with Gasteiger partial charge in [-0.2, -0.15) is 0 Å². The number of carbonyl (C=O) groups is 2. The van der Waals surface area contributed by atoms with E-state index in [1.165, 1.54) is 12.1 Å². The standard InChI is InChI=1S/C23H32FN3O3/c1-14(2)25-22(29)10-20-23-16(9-21(28)26-18-7-8-18)12-27(19(23)13-30-20)11-15-3-5-17(24)6-4-15/h3-6,14,16,18-20,23H,7-13H2,1-2H3,(H,25,29)(H,26,28)/t16-,19-,20+,23-/m1/s1. The first-order valence-electron chi connectivity index (χ1n) is 11.1. The van der Waals surface area contributed by atoms with E-state index < -0.39 is 0 Å². The van der Waals surface area contributed by atoms with Gasteiger partial charge in [0.25, 0.3) is 0 Å². The van der Waals surface area contributed by atoms with Crippen molar-refractivity contribution in [2.24, 2.45) is 11.8 Å². The maximum Gasteiger partial charge on any atom is 0.222 e. The Balaban J connectivity index is 1.45. The molecule has 1 saturated carbocycles. The summed E-state index contributed by atoms with van der Waals surface area (Å²) in [5.74, 6) is 0.144. The van der Waals surface area contributed by atoms with Crippen LogP contribution in [0.3, 0.4) is 0 Å². The molecule has 0 bridgehead atoms. The quantitative estimate of drug-likeness (QED) is 0.681. The maximum absolute atomic E-state index is 13.3. The zero-order valence-corrected chi connectivity index (χ0v) is 17.8. The molecule has 0 unspecified atom stereocenters. The average Bonchev–Trinajstić information content (AvgIpc) is 3.28. The van der Waals surface area contributed by atoms with Gasteiger partial charge in [0.2, 0.25) is 11.8 Å². The van der Waals surface area contributed by atoms with Gasteiger partial charge < -0.3 is 15.4 Å². The van der Waals surface area contributed by atoms with Crippen molar-refractivity contribution in [3.63, 3.8) is 0 Å². The van der Waals surface area contributed by atoms with Gasteiger partial charge in [-0.15, -0.1) is 0 Å². The van der Waals surface area contributed by atoms with E-state index in [9.17, 15) is 14.0 Å². The number of fused-ring (bicyclic) bond motifs is 1. The molecule has 0 spiro atoms. The van der Waals surface area contributed by atoms with E-state index in [2.05, 4.69) is 15.5 Å². The summed E-state index contributed by atoms with van der Waals surface area (Å²) < 4.78 is 19.3. The van der Waals surface area contributed by atoms with E-state index in [4.69, 9.17) is 4.74 Å². The van der Waals surface area contributed by atoms with E-state index in [-0.39, 0.29) is 47.7 Å². The van der Waals surface area contributed by atoms with Crippen molar-refractivity contribution in [1.29, 1.82) is 0 Å². The van der Waals surface area contributed by atoms with Crippen molar-refractivity contribution in [3.05, 3.63) is 35.6 Å². The van der Waals surface area contributed by atoms with Crippen molar-refractivity contribution >= 4 is 11.8 Å². The molecule has 2 N–H and O–H groups in total. The number of nitrogens with zero attached hydrogens (tertiary/aromatic N) is 1. The summed E-state index contributed by atoms with van der Waals surface area (Å²) in [7, 11) is 0. The second-order valence-corrected chi connectivity index (χ2v) is 9.30. The summed E-state index contributed by atoms with van der Waals surface area (Å²) >= 11 is 0. The first kappa shape index (κ1) is 21.2. The van der Waals surface area contributed by atoms with Gasteiger partial charge >= 0.3 is 0 Å². The lowest BCUT2D eigenvalue weighted by Crippen LogP contribution is -2.37. The van der Waals surface area contributed by atoms with E-state index in [1.807, 2.05) is 13.8 Å². The second kappa shape index (κ2) is 9.02. The minimum Gasteiger partial charge on any atom is -0.376 e. The zero-order valence-electron chi connectivity index (χ0n) is 17.8. The highest BCUT2D eigenvalue weighted by molar-refractivity contribution is 5.77. The number of carbonyl (C=O) groups excluding carboxylic acids is 2. The van der Waals surface area contributed by atoms with Crippen LogP contribution in [0.25, 0.3) is 0 Å². The molecule has 3 fully saturated rings. The van der Waals surface area contributed by atoms with Gasteiger partial charge in [-0.1, -0.05) is 12.1 Å². The number of rotatable bonds is 8. The number of nitrogens with one attached hydrogen (secondary N) is 2. The van der Waals surface area contributed by atoms with Crippen LogP contribution in [0.1, 0.15) is 45.1 Å². The minimum absolute atomic E-state index is 0.00573. The number of likely N-dealkylation sites (tertiary alicyclic amines) is 1. The Morgan fingerprint density at radius 3 is 2.57 bits per heavy atom. The lowest BCUT2D eigenvalue weighted by Gasteiger charge is -2.23. The van der Waals surface area contributed by atoms with Gasteiger partial charge in [0.1, 0.15) is 5.82 Å². The molecular formula is C23H32FN3O3. The Labute approximate surface area is 177 Å². The molecule has 164 valence electrons. The van der Waals surface area contributed by atoms with Crippen LogP contribution in [0.15, 0.2) is 24.3 Å². The predicted molar refractivity (Wildman–Crippen MR) is 111 cm³/mol. The predicted octanol–water partition coefficient (Wildman–Crippen LogP) is 2.22. The summed E-state index contributed by atoms with van der Waals surface area (Å²) in [6.45, 7) is 5.93. The fraction of sp³-hybridized carbons (Fsp3) is 0.652. The molecule has 1 aromatic rings. The number of halogens is 1. The molecule has 2 aliphatic heterocycles. The monoisotopic (exact) mass is 417 g/mol.